The third kappa shape index (κ3) is 3.06. The highest BCUT2D eigenvalue weighted by molar-refractivity contribution is 6.05. The van der Waals surface area contributed by atoms with Crippen LogP contribution in [-0.2, 0) is 11.2 Å². The molecule has 0 unspecified atom stereocenters. The van der Waals surface area contributed by atoms with Gasteiger partial charge in [-0.25, -0.2) is 4.79 Å². The van der Waals surface area contributed by atoms with Crippen molar-refractivity contribution in [2.75, 3.05) is 6.54 Å². The van der Waals surface area contributed by atoms with Gasteiger partial charge in [-0.1, -0.05) is 69.7 Å². The molecule has 160 valence electrons. The van der Waals surface area contributed by atoms with Gasteiger partial charge in [-0.2, -0.15) is 0 Å². The van der Waals surface area contributed by atoms with E-state index in [9.17, 15) is 9.59 Å². The van der Waals surface area contributed by atoms with Gasteiger partial charge >= 0.3 is 6.03 Å². The van der Waals surface area contributed by atoms with Crippen molar-refractivity contribution in [3.05, 3.63) is 70.9 Å². The number of urea groups is 1. The summed E-state index contributed by atoms with van der Waals surface area (Å²) in [5, 5.41) is 1.15. The third-order valence-corrected chi connectivity index (χ3v) is 6.79. The van der Waals surface area contributed by atoms with E-state index in [2.05, 4.69) is 62.2 Å². The second kappa shape index (κ2) is 7.56. The molecule has 31 heavy (non-hydrogen) atoms. The summed E-state index contributed by atoms with van der Waals surface area (Å²) in [7, 11) is 0. The summed E-state index contributed by atoms with van der Waals surface area (Å²) in [6.07, 6.45) is 2.35. The maximum atomic E-state index is 13.5. The average Bonchev–Trinajstić information content (AvgIpc) is 3.26. The normalized spacial score (nSPS) is 20.6. The van der Waals surface area contributed by atoms with Gasteiger partial charge in [-0.05, 0) is 35.1 Å². The fraction of sp³-hybridized carbons (Fsp3) is 0.385. The number of carbonyl (C=O) groups excluding carboxylic acids is 2. The Kier molecular flexibility index (Phi) is 4.84. The molecule has 1 fully saturated rings. The molecule has 1 N–H and O–H groups in total. The number of carbonyl (C=O) groups is 2. The molecular weight excluding hydrogens is 386 g/mol. The van der Waals surface area contributed by atoms with Crippen molar-refractivity contribution in [1.29, 1.82) is 0 Å². The largest absolute Gasteiger partial charge is 0.356 e. The number of imide groups is 1. The predicted octanol–water partition coefficient (Wildman–Crippen LogP) is 5.37. The molecule has 0 aliphatic carbocycles. The standard InChI is InChI=1S/C26H29N3O2/c1-4-5-14-28-25(30)22-15-20-19-8-6-7-9-21(19)27-23(20)24(29(22)26(28)31)18-12-10-17(11-13-18)16(2)3/h6-13,16,22,24,27H,4-5,14-15H2,1-3H3/t22-,24-/m1/s1. The molecule has 3 heterocycles. The van der Waals surface area contributed by atoms with Gasteiger partial charge in [-0.3, -0.25) is 14.6 Å². The number of hydrogen-bond donors (Lipinski definition) is 1. The van der Waals surface area contributed by atoms with Crippen molar-refractivity contribution in [1.82, 2.24) is 14.8 Å². The first-order chi connectivity index (χ1) is 15.0. The van der Waals surface area contributed by atoms with E-state index in [4.69, 9.17) is 0 Å². The Hall–Kier alpha value is -3.08. The number of nitrogens with zero attached hydrogens (tertiary/aromatic N) is 2. The van der Waals surface area contributed by atoms with Crippen LogP contribution in [0.2, 0.25) is 0 Å². The Bertz CT molecular complexity index is 1150. The molecule has 5 nitrogen and oxygen atoms in total. The lowest BCUT2D eigenvalue weighted by Crippen LogP contribution is -2.44. The van der Waals surface area contributed by atoms with E-state index in [0.29, 0.717) is 18.9 Å². The SMILES string of the molecule is CCCCN1C(=O)[C@H]2Cc3c([nH]c4ccccc34)[C@@H](c3ccc(C(C)C)cc3)N2C1=O. The highest BCUT2D eigenvalue weighted by Gasteiger charge is 2.52. The van der Waals surface area contributed by atoms with Crippen LogP contribution in [0.1, 0.15) is 68.0 Å². The van der Waals surface area contributed by atoms with E-state index >= 15 is 0 Å². The fourth-order valence-corrected chi connectivity index (χ4v) is 5.06. The minimum Gasteiger partial charge on any atom is -0.356 e. The Morgan fingerprint density at radius 2 is 1.81 bits per heavy atom. The predicted molar refractivity (Wildman–Crippen MR) is 122 cm³/mol. The lowest BCUT2D eigenvalue weighted by molar-refractivity contribution is -0.128. The summed E-state index contributed by atoms with van der Waals surface area (Å²) in [5.74, 6) is 0.384. The molecule has 3 amide bonds. The summed E-state index contributed by atoms with van der Waals surface area (Å²) in [4.78, 5) is 33.6. The van der Waals surface area contributed by atoms with Gasteiger partial charge < -0.3 is 4.98 Å². The van der Waals surface area contributed by atoms with Crippen LogP contribution in [0.3, 0.4) is 0 Å². The first kappa shape index (κ1) is 19.9. The quantitative estimate of drug-likeness (QED) is 0.570. The van der Waals surface area contributed by atoms with Crippen molar-refractivity contribution < 1.29 is 9.59 Å². The van der Waals surface area contributed by atoms with Crippen LogP contribution < -0.4 is 0 Å². The lowest BCUT2D eigenvalue weighted by Gasteiger charge is -2.36. The van der Waals surface area contributed by atoms with Crippen molar-refractivity contribution in [2.45, 2.75) is 58.0 Å². The molecule has 0 radical (unpaired) electrons. The van der Waals surface area contributed by atoms with Gasteiger partial charge in [-0.15, -0.1) is 0 Å². The maximum Gasteiger partial charge on any atom is 0.328 e. The Morgan fingerprint density at radius 1 is 1.06 bits per heavy atom. The van der Waals surface area contributed by atoms with E-state index in [1.165, 1.54) is 10.5 Å². The number of hydrogen-bond acceptors (Lipinski definition) is 2. The van der Waals surface area contributed by atoms with Crippen molar-refractivity contribution in [3.8, 4) is 0 Å². The van der Waals surface area contributed by atoms with Crippen molar-refractivity contribution >= 4 is 22.8 Å². The number of aromatic amines is 1. The first-order valence-electron chi connectivity index (χ1n) is 11.3. The van der Waals surface area contributed by atoms with Crippen LogP contribution in [0, 0.1) is 0 Å². The zero-order valence-electron chi connectivity index (χ0n) is 18.4. The second-order valence-electron chi connectivity index (χ2n) is 9.04. The molecule has 1 aromatic heterocycles. The lowest BCUT2D eigenvalue weighted by atomic mass is 9.88. The molecule has 2 aliphatic heterocycles. The summed E-state index contributed by atoms with van der Waals surface area (Å²) < 4.78 is 0. The van der Waals surface area contributed by atoms with E-state index in [-0.39, 0.29) is 18.0 Å². The van der Waals surface area contributed by atoms with Gasteiger partial charge in [0.25, 0.3) is 5.91 Å². The van der Waals surface area contributed by atoms with Crippen LogP contribution in [0.4, 0.5) is 4.79 Å². The van der Waals surface area contributed by atoms with E-state index in [0.717, 1.165) is 40.6 Å². The topological polar surface area (TPSA) is 56.4 Å². The number of benzene rings is 2. The molecule has 5 heteroatoms. The van der Waals surface area contributed by atoms with E-state index in [1.807, 2.05) is 17.0 Å². The molecule has 5 rings (SSSR count). The second-order valence-corrected chi connectivity index (χ2v) is 9.04. The molecule has 3 aromatic rings. The smallest absolute Gasteiger partial charge is 0.328 e. The van der Waals surface area contributed by atoms with Crippen LogP contribution in [0.5, 0.6) is 0 Å². The molecule has 1 saturated heterocycles. The minimum atomic E-state index is -0.439. The van der Waals surface area contributed by atoms with Gasteiger partial charge in [0.15, 0.2) is 0 Å². The number of aromatic nitrogens is 1. The number of fused-ring (bicyclic) bond motifs is 4. The molecule has 2 atom stereocenters. The molecule has 0 saturated carbocycles. The average molecular weight is 416 g/mol. The molecule has 0 spiro atoms. The number of para-hydroxylation sites is 1. The zero-order valence-corrected chi connectivity index (χ0v) is 18.4. The van der Waals surface area contributed by atoms with Gasteiger partial charge in [0.1, 0.15) is 12.1 Å². The van der Waals surface area contributed by atoms with E-state index < -0.39 is 6.04 Å². The summed E-state index contributed by atoms with van der Waals surface area (Å²) in [5.41, 5.74) is 5.56. The Balaban J connectivity index is 1.65. The number of amides is 3. The number of unbranched alkanes of at least 4 members (excludes halogenated alkanes) is 1. The monoisotopic (exact) mass is 415 g/mol. The minimum absolute atomic E-state index is 0.0572. The first-order valence-corrected chi connectivity index (χ1v) is 11.3. The number of rotatable bonds is 5. The highest BCUT2D eigenvalue weighted by Crippen LogP contribution is 2.44. The third-order valence-electron chi connectivity index (χ3n) is 6.79. The molecule has 2 aromatic carbocycles. The summed E-state index contributed by atoms with van der Waals surface area (Å²) in [6.45, 7) is 6.93. The van der Waals surface area contributed by atoms with Gasteiger partial charge in [0.2, 0.25) is 0 Å². The van der Waals surface area contributed by atoms with Gasteiger partial charge in [0.05, 0.1) is 0 Å². The van der Waals surface area contributed by atoms with Crippen molar-refractivity contribution in [2.24, 2.45) is 0 Å². The molecular formula is C26H29N3O2. The van der Waals surface area contributed by atoms with Crippen molar-refractivity contribution in [3.63, 3.8) is 0 Å². The zero-order chi connectivity index (χ0) is 21.7. The molecule has 2 aliphatic rings. The van der Waals surface area contributed by atoms with Crippen LogP contribution in [0.25, 0.3) is 10.9 Å². The summed E-state index contributed by atoms with van der Waals surface area (Å²) >= 11 is 0. The molecule has 0 bridgehead atoms. The van der Waals surface area contributed by atoms with E-state index in [1.54, 1.807) is 0 Å². The van der Waals surface area contributed by atoms with Crippen LogP contribution in [-0.4, -0.2) is 39.3 Å². The van der Waals surface area contributed by atoms with Crippen LogP contribution >= 0.6 is 0 Å². The number of H-pyrrole nitrogens is 1. The van der Waals surface area contributed by atoms with Gasteiger partial charge in [0, 0.05) is 29.6 Å². The highest BCUT2D eigenvalue weighted by atomic mass is 16.2. The van der Waals surface area contributed by atoms with Crippen LogP contribution in [0.15, 0.2) is 48.5 Å². The Morgan fingerprint density at radius 3 is 2.52 bits per heavy atom. The number of nitrogens with one attached hydrogen (secondary N) is 1. The maximum absolute atomic E-state index is 13.5. The summed E-state index contributed by atoms with van der Waals surface area (Å²) in [6, 6.07) is 15.8. The fourth-order valence-electron chi connectivity index (χ4n) is 5.06. The Labute approximate surface area is 183 Å².